The number of aromatic hydroxyl groups is 1. The Morgan fingerprint density at radius 1 is 1.21 bits per heavy atom. The van der Waals surface area contributed by atoms with Crippen LogP contribution in [0.4, 0.5) is 0 Å². The van der Waals surface area contributed by atoms with E-state index in [0.29, 0.717) is 5.02 Å². The number of benzene rings is 2. The van der Waals surface area contributed by atoms with Crippen LogP contribution in [0.15, 0.2) is 53.0 Å². The molecule has 0 saturated heterocycles. The van der Waals surface area contributed by atoms with Crippen molar-refractivity contribution < 1.29 is 9.90 Å². The summed E-state index contributed by atoms with van der Waals surface area (Å²) >= 11 is 9.12. The Bertz CT molecular complexity index is 650. The number of ketones is 1. The van der Waals surface area contributed by atoms with E-state index in [2.05, 4.69) is 15.9 Å². The van der Waals surface area contributed by atoms with Crippen LogP contribution < -0.4 is 0 Å². The largest absolute Gasteiger partial charge is 0.507 e. The quantitative estimate of drug-likeness (QED) is 0.651. The predicted octanol–water partition coefficient (Wildman–Crippen LogP) is 4.70. The van der Waals surface area contributed by atoms with Crippen molar-refractivity contribution in [3.63, 3.8) is 0 Å². The van der Waals surface area contributed by atoms with Gasteiger partial charge in [-0.3, -0.25) is 4.79 Å². The zero-order chi connectivity index (χ0) is 13.8. The average Bonchev–Trinajstić information content (AvgIpc) is 2.39. The molecule has 96 valence electrons. The van der Waals surface area contributed by atoms with Gasteiger partial charge in [-0.15, -0.1) is 0 Å². The molecular weight excluding hydrogens is 328 g/mol. The van der Waals surface area contributed by atoms with Crippen molar-refractivity contribution in [1.82, 2.24) is 0 Å². The van der Waals surface area contributed by atoms with E-state index in [-0.39, 0.29) is 17.1 Å². The Balaban J connectivity index is 2.23. The first-order chi connectivity index (χ1) is 9.06. The Hall–Kier alpha value is -1.58. The third kappa shape index (κ3) is 3.69. The molecule has 4 heteroatoms. The molecule has 0 aromatic heterocycles. The number of hydrogen-bond acceptors (Lipinski definition) is 2. The van der Waals surface area contributed by atoms with Crippen molar-refractivity contribution in [2.45, 2.75) is 0 Å². The Morgan fingerprint density at radius 3 is 2.74 bits per heavy atom. The number of halogens is 2. The highest BCUT2D eigenvalue weighted by molar-refractivity contribution is 9.10. The summed E-state index contributed by atoms with van der Waals surface area (Å²) in [5.41, 5.74) is 1.09. The number of carbonyl (C=O) groups is 1. The predicted molar refractivity (Wildman–Crippen MR) is 80.6 cm³/mol. The summed E-state index contributed by atoms with van der Waals surface area (Å²) < 4.78 is 0.741. The van der Waals surface area contributed by atoms with E-state index in [1.54, 1.807) is 30.3 Å². The molecular formula is C15H10BrClO2. The minimum atomic E-state index is -0.265. The van der Waals surface area contributed by atoms with Gasteiger partial charge in [0.25, 0.3) is 0 Å². The molecule has 2 nitrogen and oxygen atoms in total. The van der Waals surface area contributed by atoms with Crippen LogP contribution in [0.1, 0.15) is 15.9 Å². The molecule has 2 rings (SSSR count). The lowest BCUT2D eigenvalue weighted by molar-refractivity contribution is 0.104. The molecule has 0 unspecified atom stereocenters. The van der Waals surface area contributed by atoms with E-state index in [4.69, 9.17) is 11.6 Å². The lowest BCUT2D eigenvalue weighted by Gasteiger charge is -2.01. The van der Waals surface area contributed by atoms with Crippen molar-refractivity contribution in [1.29, 1.82) is 0 Å². The Morgan fingerprint density at radius 2 is 2.00 bits per heavy atom. The average molecular weight is 338 g/mol. The van der Waals surface area contributed by atoms with Crippen LogP contribution >= 0.6 is 27.5 Å². The first-order valence-corrected chi connectivity index (χ1v) is 6.70. The maximum Gasteiger partial charge on any atom is 0.189 e. The molecule has 2 aromatic rings. The minimum absolute atomic E-state index is 0.0380. The topological polar surface area (TPSA) is 37.3 Å². The third-order valence-electron chi connectivity index (χ3n) is 2.50. The molecule has 19 heavy (non-hydrogen) atoms. The summed E-state index contributed by atoms with van der Waals surface area (Å²) in [6.45, 7) is 0. The molecule has 0 aliphatic carbocycles. The van der Waals surface area contributed by atoms with Gasteiger partial charge in [0, 0.05) is 9.50 Å². The van der Waals surface area contributed by atoms with Crippen LogP contribution in [0, 0.1) is 0 Å². The number of hydrogen-bond donors (Lipinski definition) is 1. The summed E-state index contributed by atoms with van der Waals surface area (Å²) in [5.74, 6) is -0.303. The molecule has 0 radical (unpaired) electrons. The molecule has 2 aromatic carbocycles. The Labute approximate surface area is 124 Å². The zero-order valence-electron chi connectivity index (χ0n) is 9.81. The van der Waals surface area contributed by atoms with Crippen molar-refractivity contribution in [3.8, 4) is 5.75 Å². The van der Waals surface area contributed by atoms with Gasteiger partial charge in [0.05, 0.1) is 5.56 Å². The molecule has 0 fully saturated rings. The minimum Gasteiger partial charge on any atom is -0.507 e. The van der Waals surface area contributed by atoms with Gasteiger partial charge in [0.1, 0.15) is 5.75 Å². The molecule has 0 atom stereocenters. The van der Waals surface area contributed by atoms with Crippen molar-refractivity contribution in [3.05, 3.63) is 69.2 Å². The smallest absolute Gasteiger partial charge is 0.189 e. The fourth-order valence-corrected chi connectivity index (χ4v) is 2.14. The van der Waals surface area contributed by atoms with E-state index < -0.39 is 0 Å². The highest BCUT2D eigenvalue weighted by atomic mass is 79.9. The summed E-state index contributed by atoms with van der Waals surface area (Å²) in [6, 6.07) is 11.9. The van der Waals surface area contributed by atoms with Gasteiger partial charge in [-0.25, -0.2) is 0 Å². The van der Waals surface area contributed by atoms with Crippen LogP contribution in [0.5, 0.6) is 5.75 Å². The van der Waals surface area contributed by atoms with E-state index >= 15 is 0 Å². The molecule has 0 aliphatic heterocycles. The first-order valence-electron chi connectivity index (χ1n) is 5.53. The normalized spacial score (nSPS) is 10.8. The third-order valence-corrected chi connectivity index (χ3v) is 3.23. The molecule has 0 spiro atoms. The van der Waals surface area contributed by atoms with Crippen LogP contribution in [-0.4, -0.2) is 10.9 Å². The number of phenols is 1. The summed E-state index contributed by atoms with van der Waals surface area (Å²) in [5, 5.41) is 10.3. The molecule has 0 saturated carbocycles. The number of rotatable bonds is 3. The number of allylic oxidation sites excluding steroid dienone is 1. The SMILES string of the molecule is O=C(C=Cc1cccc(Cl)c1)c1cc(Br)ccc1O. The van der Waals surface area contributed by atoms with Gasteiger partial charge >= 0.3 is 0 Å². The number of phenolic OH excluding ortho intramolecular Hbond substituents is 1. The monoisotopic (exact) mass is 336 g/mol. The Kier molecular flexibility index (Phi) is 4.40. The lowest BCUT2D eigenvalue weighted by atomic mass is 10.1. The van der Waals surface area contributed by atoms with Gasteiger partial charge in [0.2, 0.25) is 0 Å². The second-order valence-electron chi connectivity index (χ2n) is 3.91. The summed E-state index contributed by atoms with van der Waals surface area (Å²) in [6.07, 6.45) is 3.07. The maximum atomic E-state index is 12.0. The summed E-state index contributed by atoms with van der Waals surface area (Å²) in [7, 11) is 0. The summed E-state index contributed by atoms with van der Waals surface area (Å²) in [4.78, 5) is 12.0. The highest BCUT2D eigenvalue weighted by Crippen LogP contribution is 2.23. The second kappa shape index (κ2) is 6.04. The fourth-order valence-electron chi connectivity index (χ4n) is 1.58. The maximum absolute atomic E-state index is 12.0. The highest BCUT2D eigenvalue weighted by Gasteiger charge is 2.08. The van der Waals surface area contributed by atoms with Crippen molar-refractivity contribution >= 4 is 39.4 Å². The van der Waals surface area contributed by atoms with Gasteiger partial charge < -0.3 is 5.11 Å². The van der Waals surface area contributed by atoms with E-state index in [9.17, 15) is 9.90 Å². The molecule has 0 heterocycles. The van der Waals surface area contributed by atoms with Crippen LogP contribution in [-0.2, 0) is 0 Å². The van der Waals surface area contributed by atoms with Crippen LogP contribution in [0.2, 0.25) is 5.02 Å². The standard InChI is InChI=1S/C15H10BrClO2/c16-11-5-7-15(19)13(9-11)14(18)6-4-10-2-1-3-12(17)8-10/h1-9,19H. The lowest BCUT2D eigenvalue weighted by Crippen LogP contribution is -1.94. The van der Waals surface area contributed by atoms with E-state index in [0.717, 1.165) is 10.0 Å². The molecule has 0 aliphatic rings. The van der Waals surface area contributed by atoms with E-state index in [1.807, 2.05) is 12.1 Å². The van der Waals surface area contributed by atoms with Crippen LogP contribution in [0.3, 0.4) is 0 Å². The number of carbonyl (C=O) groups excluding carboxylic acids is 1. The van der Waals surface area contributed by atoms with Crippen molar-refractivity contribution in [2.24, 2.45) is 0 Å². The van der Waals surface area contributed by atoms with Gasteiger partial charge in [-0.05, 0) is 42.0 Å². The zero-order valence-corrected chi connectivity index (χ0v) is 12.1. The first kappa shape index (κ1) is 13.8. The van der Waals surface area contributed by atoms with Gasteiger partial charge in [-0.2, -0.15) is 0 Å². The van der Waals surface area contributed by atoms with E-state index in [1.165, 1.54) is 12.1 Å². The van der Waals surface area contributed by atoms with Gasteiger partial charge in [-0.1, -0.05) is 45.7 Å². The molecule has 0 amide bonds. The molecule has 0 bridgehead atoms. The van der Waals surface area contributed by atoms with Crippen LogP contribution in [0.25, 0.3) is 6.08 Å². The second-order valence-corrected chi connectivity index (χ2v) is 5.27. The fraction of sp³-hybridized carbons (Fsp3) is 0. The van der Waals surface area contributed by atoms with Gasteiger partial charge in [0.15, 0.2) is 5.78 Å². The van der Waals surface area contributed by atoms with Crippen molar-refractivity contribution in [2.75, 3.05) is 0 Å². The molecule has 1 N–H and O–H groups in total.